The second-order valence-corrected chi connectivity index (χ2v) is 11.6. The fourth-order valence-corrected chi connectivity index (χ4v) is 4.49. The van der Waals surface area contributed by atoms with E-state index in [0.717, 1.165) is 89.9 Å². The normalized spacial score (nSPS) is 13.3. The second kappa shape index (κ2) is 32.5. The third-order valence-corrected chi connectivity index (χ3v) is 7.23. The van der Waals surface area contributed by atoms with Crippen molar-refractivity contribution < 1.29 is 34.1 Å². The van der Waals surface area contributed by atoms with E-state index < -0.39 is 24.5 Å². The van der Waals surface area contributed by atoms with Gasteiger partial charge < -0.3 is 25.6 Å². The van der Waals surface area contributed by atoms with E-state index in [2.05, 4.69) is 79.2 Å². The van der Waals surface area contributed by atoms with Gasteiger partial charge in [0.25, 0.3) is 0 Å². The highest BCUT2D eigenvalue weighted by atomic mass is 16.5. The third kappa shape index (κ3) is 29.7. The molecule has 0 aliphatic rings. The van der Waals surface area contributed by atoms with Gasteiger partial charge in [-0.3, -0.25) is 14.4 Å². The first-order valence-electron chi connectivity index (χ1n) is 17.7. The second-order valence-electron chi connectivity index (χ2n) is 11.6. The Kier molecular flexibility index (Phi) is 30.1. The van der Waals surface area contributed by atoms with E-state index in [1.165, 1.54) is 6.42 Å². The van der Waals surface area contributed by atoms with Crippen LogP contribution >= 0.6 is 0 Å². The van der Waals surface area contributed by atoms with Gasteiger partial charge in [0.05, 0.1) is 13.2 Å². The number of carboxylic acid groups (broad SMARTS) is 1. The average Bonchev–Trinajstić information content (AvgIpc) is 3.05. The van der Waals surface area contributed by atoms with Gasteiger partial charge >= 0.3 is 11.9 Å². The largest absolute Gasteiger partial charge is 0.480 e. The van der Waals surface area contributed by atoms with Crippen LogP contribution < -0.4 is 10.6 Å². The Morgan fingerprint density at radius 3 is 1.91 bits per heavy atom. The van der Waals surface area contributed by atoms with E-state index >= 15 is 0 Å². The Balaban J connectivity index is 4.26. The van der Waals surface area contributed by atoms with Gasteiger partial charge in [0.15, 0.2) is 0 Å². The summed E-state index contributed by atoms with van der Waals surface area (Å²) in [7, 11) is 0. The fourth-order valence-electron chi connectivity index (χ4n) is 4.49. The van der Waals surface area contributed by atoms with Crippen molar-refractivity contribution in [2.75, 3.05) is 13.2 Å². The maximum atomic E-state index is 12.5. The van der Waals surface area contributed by atoms with Gasteiger partial charge in [0.1, 0.15) is 12.1 Å². The highest BCUT2D eigenvalue weighted by Crippen LogP contribution is 2.14. The summed E-state index contributed by atoms with van der Waals surface area (Å²) in [6.07, 6.45) is 37.1. The number of carboxylic acids is 1. The zero-order valence-electron chi connectivity index (χ0n) is 29.0. The van der Waals surface area contributed by atoms with Crippen LogP contribution in [0.5, 0.6) is 0 Å². The number of aliphatic hydroxyl groups excluding tert-OH is 1. The van der Waals surface area contributed by atoms with Crippen molar-refractivity contribution in [1.82, 2.24) is 10.6 Å². The molecule has 9 nitrogen and oxygen atoms in total. The smallest absolute Gasteiger partial charge is 0.328 e. The maximum absolute atomic E-state index is 12.5. The summed E-state index contributed by atoms with van der Waals surface area (Å²) in [5.41, 5.74) is 0. The third-order valence-electron chi connectivity index (χ3n) is 7.23. The lowest BCUT2D eigenvalue weighted by atomic mass is 10.1. The predicted molar refractivity (Wildman–Crippen MR) is 190 cm³/mol. The summed E-state index contributed by atoms with van der Waals surface area (Å²) in [4.78, 5) is 47.1. The number of carbonyl (C=O) groups is 4. The number of amides is 2. The minimum Gasteiger partial charge on any atom is -0.480 e. The number of aliphatic carboxylic acids is 1. The number of hydrogen-bond donors (Lipinski definition) is 4. The van der Waals surface area contributed by atoms with Crippen molar-refractivity contribution >= 4 is 23.8 Å². The van der Waals surface area contributed by atoms with Crippen molar-refractivity contribution in [1.29, 1.82) is 0 Å². The molecule has 0 heterocycles. The van der Waals surface area contributed by atoms with Crippen molar-refractivity contribution in [3.8, 4) is 0 Å². The quantitative estimate of drug-likeness (QED) is 0.0357. The lowest BCUT2D eigenvalue weighted by Gasteiger charge is -2.15. The molecule has 0 bridgehead atoms. The molecule has 0 fully saturated rings. The average molecular weight is 659 g/mol. The molecule has 0 aromatic heterocycles. The first-order valence-corrected chi connectivity index (χ1v) is 17.7. The van der Waals surface area contributed by atoms with Crippen LogP contribution in [0.25, 0.3) is 0 Å². The van der Waals surface area contributed by atoms with E-state index in [0.29, 0.717) is 12.8 Å². The monoisotopic (exact) mass is 658 g/mol. The Labute approximate surface area is 283 Å². The zero-order valence-corrected chi connectivity index (χ0v) is 29.0. The van der Waals surface area contributed by atoms with Gasteiger partial charge in [-0.25, -0.2) is 4.79 Å². The molecule has 0 aliphatic carbocycles. The lowest BCUT2D eigenvalue weighted by Crippen LogP contribution is -2.47. The van der Waals surface area contributed by atoms with Crippen LogP contribution in [-0.2, 0) is 23.9 Å². The molecule has 0 saturated carbocycles. The first-order chi connectivity index (χ1) is 22.8. The Hall–Kier alpha value is -3.46. The summed E-state index contributed by atoms with van der Waals surface area (Å²) in [6.45, 7) is 3.24. The van der Waals surface area contributed by atoms with Crippen LogP contribution in [0.3, 0.4) is 0 Å². The summed E-state index contributed by atoms with van der Waals surface area (Å²) in [5.74, 6) is -2.47. The van der Waals surface area contributed by atoms with Crippen LogP contribution in [0.2, 0.25) is 0 Å². The standard InChI is InChI=1S/C38H62N2O7/c1-3-5-7-9-10-11-12-13-14-15-16-17-18-20-26-30-37(44)47-33(27-23-19-8-6-4-2)28-24-21-22-25-29-35(42)39-31-36(43)40-34(32-41)38(45)46/h5,7,10-11,13-14,16-17,23,27,33-34,41H,3-4,6,8-9,12,15,18-22,24-26,28-32H2,1-2H3,(H,39,42)(H,40,43)(H,45,46)/b7-5-,11-10-,14-13-,17-16-,27-23-. The molecule has 2 atom stereocenters. The molecule has 0 aromatic carbocycles. The van der Waals surface area contributed by atoms with E-state index in [-0.39, 0.29) is 30.9 Å². The van der Waals surface area contributed by atoms with Crippen molar-refractivity contribution in [2.24, 2.45) is 0 Å². The van der Waals surface area contributed by atoms with Crippen molar-refractivity contribution in [3.05, 3.63) is 60.8 Å². The highest BCUT2D eigenvalue weighted by Gasteiger charge is 2.18. The SMILES string of the molecule is CC/C=C\C/C=C\C/C=C\C/C=C\CCCCC(=O)OC(/C=C\CCCCC)CCCCCCC(=O)NCC(=O)NC(CO)C(=O)O. The number of rotatable bonds is 30. The minimum absolute atomic E-state index is 0.160. The summed E-state index contributed by atoms with van der Waals surface area (Å²) < 4.78 is 5.81. The number of aliphatic hydroxyl groups is 1. The molecule has 0 radical (unpaired) electrons. The Morgan fingerprint density at radius 2 is 1.28 bits per heavy atom. The fraction of sp³-hybridized carbons (Fsp3) is 0.632. The highest BCUT2D eigenvalue weighted by molar-refractivity contribution is 5.87. The van der Waals surface area contributed by atoms with Gasteiger partial charge in [-0.2, -0.15) is 0 Å². The van der Waals surface area contributed by atoms with Crippen molar-refractivity contribution in [2.45, 2.75) is 142 Å². The molecule has 2 amide bonds. The van der Waals surface area contributed by atoms with Gasteiger partial charge in [-0.15, -0.1) is 0 Å². The van der Waals surface area contributed by atoms with Gasteiger partial charge in [-0.05, 0) is 83.1 Å². The van der Waals surface area contributed by atoms with E-state index in [1.54, 1.807) is 0 Å². The summed E-state index contributed by atoms with van der Waals surface area (Å²) >= 11 is 0. The van der Waals surface area contributed by atoms with Crippen LogP contribution in [-0.4, -0.2) is 59.3 Å². The lowest BCUT2D eigenvalue weighted by molar-refractivity contribution is -0.147. The molecule has 2 unspecified atom stereocenters. The molecule has 0 aliphatic heterocycles. The number of carbonyl (C=O) groups excluding carboxylic acids is 3. The molecule has 4 N–H and O–H groups in total. The maximum Gasteiger partial charge on any atom is 0.328 e. The van der Waals surface area contributed by atoms with Gasteiger partial charge in [0, 0.05) is 12.8 Å². The molecular weight excluding hydrogens is 596 g/mol. The van der Waals surface area contributed by atoms with Crippen LogP contribution in [0.1, 0.15) is 129 Å². The summed E-state index contributed by atoms with van der Waals surface area (Å²) in [5, 5.41) is 22.4. The number of ether oxygens (including phenoxy) is 1. The number of allylic oxidation sites excluding steroid dienone is 9. The van der Waals surface area contributed by atoms with E-state index in [4.69, 9.17) is 14.9 Å². The molecule has 0 rings (SSSR count). The van der Waals surface area contributed by atoms with Crippen molar-refractivity contribution in [3.63, 3.8) is 0 Å². The molecule has 47 heavy (non-hydrogen) atoms. The Bertz CT molecular complexity index is 985. The predicted octanol–water partition coefficient (Wildman–Crippen LogP) is 7.42. The molecular formula is C38H62N2O7. The minimum atomic E-state index is -1.39. The Morgan fingerprint density at radius 1 is 0.681 bits per heavy atom. The van der Waals surface area contributed by atoms with E-state index in [9.17, 15) is 19.2 Å². The van der Waals surface area contributed by atoms with Crippen LogP contribution in [0.4, 0.5) is 0 Å². The molecule has 0 spiro atoms. The molecule has 0 aromatic rings. The molecule has 9 heteroatoms. The first kappa shape index (κ1) is 43.5. The summed E-state index contributed by atoms with van der Waals surface area (Å²) in [6, 6.07) is -1.39. The molecule has 266 valence electrons. The number of esters is 1. The van der Waals surface area contributed by atoms with Crippen LogP contribution in [0, 0.1) is 0 Å². The molecule has 0 saturated heterocycles. The number of hydrogen-bond acceptors (Lipinski definition) is 6. The topological polar surface area (TPSA) is 142 Å². The number of unbranched alkanes of at least 4 members (excludes halogenated alkanes) is 8. The van der Waals surface area contributed by atoms with E-state index in [1.807, 2.05) is 6.08 Å². The number of nitrogens with one attached hydrogen (secondary N) is 2. The van der Waals surface area contributed by atoms with Gasteiger partial charge in [0.2, 0.25) is 11.8 Å². The van der Waals surface area contributed by atoms with Gasteiger partial charge in [-0.1, -0.05) is 94.2 Å². The zero-order chi connectivity index (χ0) is 34.8. The van der Waals surface area contributed by atoms with Crippen LogP contribution in [0.15, 0.2) is 60.8 Å².